The number of β-amino-alcohol motifs (C(OH)–C–C–N with tert-alkyl or cyclic N) is 1. The Balaban J connectivity index is 0.665. The molecule has 0 unspecified atom stereocenters. The van der Waals surface area contributed by atoms with E-state index >= 15 is 0 Å². The molecule has 0 spiro atoms. The van der Waals surface area contributed by atoms with Crippen LogP contribution in [0.3, 0.4) is 0 Å². The number of hydrogen-bond acceptors (Lipinski definition) is 16. The molecule has 20 heteroatoms. The van der Waals surface area contributed by atoms with Gasteiger partial charge in [0.1, 0.15) is 34.2 Å². The number of ketones is 1. The Morgan fingerprint density at radius 3 is 2.17 bits per heavy atom. The van der Waals surface area contributed by atoms with Crippen LogP contribution in [0.2, 0.25) is 5.02 Å². The molecule has 4 N–H and O–H groups in total. The van der Waals surface area contributed by atoms with Gasteiger partial charge in [-0.15, -0.1) is 11.3 Å². The molecule has 5 heterocycles. The highest BCUT2D eigenvalue weighted by molar-refractivity contribution is 7.17. The van der Waals surface area contributed by atoms with E-state index in [2.05, 4.69) is 40.7 Å². The SMILES string of the molecule is Cc1nc(Nc2ncc(C(=O)Nc3c(C)cccc3Cl)s2)cc(N2CCN(CCCCCCOCCCCCOCCCCCC(=O)C[C@H](C(=O)N3C[C@H](O)C[C@H]3C(=O)NCc3ccc(-c4scnc4C)cc3)C(C)(C)C)CC2)n1. The van der Waals surface area contributed by atoms with Crippen LogP contribution in [0, 0.1) is 32.1 Å². The van der Waals surface area contributed by atoms with Crippen molar-refractivity contribution in [2.75, 3.05) is 81.2 Å². The van der Waals surface area contributed by atoms with Crippen LogP contribution in [0.4, 0.5) is 22.5 Å². The van der Waals surface area contributed by atoms with Crippen molar-refractivity contribution in [1.29, 1.82) is 0 Å². The molecule has 0 saturated carbocycles. The van der Waals surface area contributed by atoms with Crippen molar-refractivity contribution in [1.82, 2.24) is 35.1 Å². The van der Waals surface area contributed by atoms with Crippen molar-refractivity contribution in [3.63, 3.8) is 0 Å². The lowest BCUT2D eigenvalue weighted by atomic mass is 9.76. The fourth-order valence-corrected chi connectivity index (χ4v) is 11.9. The molecule has 2 aromatic carbocycles. The van der Waals surface area contributed by atoms with E-state index in [0.717, 1.165) is 131 Å². The Labute approximate surface area is 486 Å². The summed E-state index contributed by atoms with van der Waals surface area (Å²) in [6.45, 7) is 19.8. The summed E-state index contributed by atoms with van der Waals surface area (Å²) in [7, 11) is 0. The number of aliphatic hydroxyl groups is 1. The highest BCUT2D eigenvalue weighted by Gasteiger charge is 2.44. The molecular formula is C60H83ClN10O7S2. The molecule has 17 nitrogen and oxygen atoms in total. The van der Waals surface area contributed by atoms with Gasteiger partial charge in [0.2, 0.25) is 11.8 Å². The first-order valence-corrected chi connectivity index (χ1v) is 30.6. The molecule has 3 aromatic heterocycles. The van der Waals surface area contributed by atoms with Gasteiger partial charge < -0.3 is 40.3 Å². The number of benzene rings is 2. The molecule has 3 amide bonds. The molecule has 3 atom stereocenters. The molecular weight excluding hydrogens is 1070 g/mol. The van der Waals surface area contributed by atoms with Crippen LogP contribution in [-0.2, 0) is 30.4 Å². The van der Waals surface area contributed by atoms with E-state index in [0.29, 0.717) is 51.9 Å². The molecule has 434 valence electrons. The summed E-state index contributed by atoms with van der Waals surface area (Å²) < 4.78 is 11.8. The van der Waals surface area contributed by atoms with Gasteiger partial charge in [-0.1, -0.05) is 99.4 Å². The predicted molar refractivity (Wildman–Crippen MR) is 320 cm³/mol. The number of halogens is 1. The number of carbonyl (C=O) groups is 4. The first-order valence-electron chi connectivity index (χ1n) is 28.6. The first-order chi connectivity index (χ1) is 38.5. The minimum Gasteiger partial charge on any atom is -0.391 e. The summed E-state index contributed by atoms with van der Waals surface area (Å²) in [5.41, 5.74) is 5.79. The third-order valence-corrected chi connectivity index (χ3v) is 17.1. The monoisotopic (exact) mass is 1150 g/mol. The van der Waals surface area contributed by atoms with Crippen LogP contribution in [0.5, 0.6) is 0 Å². The van der Waals surface area contributed by atoms with Crippen LogP contribution in [0.15, 0.2) is 60.2 Å². The molecule has 80 heavy (non-hydrogen) atoms. The van der Waals surface area contributed by atoms with E-state index in [1.54, 1.807) is 23.6 Å². The second-order valence-corrected chi connectivity index (χ2v) is 24.6. The van der Waals surface area contributed by atoms with Crippen LogP contribution < -0.4 is 20.9 Å². The van der Waals surface area contributed by atoms with Crippen LogP contribution in [0.25, 0.3) is 10.4 Å². The minimum absolute atomic E-state index is 0.0437. The van der Waals surface area contributed by atoms with Crippen molar-refractivity contribution in [2.24, 2.45) is 11.3 Å². The minimum atomic E-state index is -0.803. The van der Waals surface area contributed by atoms with E-state index in [1.165, 1.54) is 35.5 Å². The second-order valence-electron chi connectivity index (χ2n) is 22.3. The number of nitrogens with one attached hydrogen (secondary N) is 3. The number of aryl methyl sites for hydroxylation is 3. The number of aromatic nitrogens is 4. The number of amides is 3. The summed E-state index contributed by atoms with van der Waals surface area (Å²) in [6, 6.07) is 14.6. The average Bonchev–Trinajstić information content (AvgIpc) is 4.23. The van der Waals surface area contributed by atoms with E-state index < -0.39 is 23.5 Å². The number of aliphatic hydroxyl groups excluding tert-OH is 1. The van der Waals surface area contributed by atoms with Gasteiger partial charge in [0.15, 0.2) is 5.13 Å². The molecule has 7 rings (SSSR count). The van der Waals surface area contributed by atoms with E-state index in [9.17, 15) is 24.3 Å². The van der Waals surface area contributed by atoms with Crippen molar-refractivity contribution >= 4 is 80.2 Å². The van der Waals surface area contributed by atoms with Gasteiger partial charge in [-0.2, -0.15) is 0 Å². The number of ether oxygens (including phenoxy) is 2. The van der Waals surface area contributed by atoms with Crippen molar-refractivity contribution in [3.8, 4) is 10.4 Å². The second kappa shape index (κ2) is 31.1. The third kappa shape index (κ3) is 19.1. The van der Waals surface area contributed by atoms with Gasteiger partial charge in [-0.3, -0.25) is 24.1 Å². The summed E-state index contributed by atoms with van der Waals surface area (Å²) >= 11 is 9.16. The number of hydrogen-bond donors (Lipinski definition) is 4. The average molecular weight is 1160 g/mol. The van der Waals surface area contributed by atoms with Gasteiger partial charge in [-0.05, 0) is 100 Å². The zero-order chi connectivity index (χ0) is 57.0. The van der Waals surface area contributed by atoms with Gasteiger partial charge >= 0.3 is 0 Å². The number of piperazine rings is 1. The summed E-state index contributed by atoms with van der Waals surface area (Å²) in [6.07, 6.45) is 11.6. The topological polar surface area (TPSA) is 204 Å². The smallest absolute Gasteiger partial charge is 0.267 e. The molecule has 2 aliphatic rings. The number of anilines is 4. The molecule has 2 fully saturated rings. The van der Waals surface area contributed by atoms with Crippen LogP contribution >= 0.6 is 34.3 Å². The maximum Gasteiger partial charge on any atom is 0.267 e. The number of thiazole rings is 2. The fourth-order valence-electron chi connectivity index (χ4n) is 10.1. The lowest BCUT2D eigenvalue weighted by Crippen LogP contribution is -2.50. The lowest BCUT2D eigenvalue weighted by Gasteiger charge is -2.35. The zero-order valence-corrected chi connectivity index (χ0v) is 50.1. The van der Waals surface area contributed by atoms with Crippen LogP contribution in [-0.4, -0.2) is 136 Å². The van der Waals surface area contributed by atoms with Gasteiger partial charge in [0.05, 0.1) is 39.1 Å². The standard InChI is InChI=1S/C60H83ClN10O7S2/c1-41-18-17-20-49(61)54(41)68-57(75)51-38-63-59(80-51)67-52-36-53(66-43(3)65-52)70-28-26-69(27-29-70)25-12-7-8-13-30-77-32-15-10-16-33-78-31-14-9-11-19-46(72)34-48(60(4,5)6)58(76)71-39-47(73)35-50(71)56(74)62-37-44-21-23-45(24-22-44)55-42(2)64-40-79-55/h17-18,20-24,36,38,40,47-48,50,73H,7-16,19,25-35,37,39H2,1-6H3,(H,62,74)(H,68,75)(H,63,65,66,67)/t47-,48-,50+/m1/s1. The van der Waals surface area contributed by atoms with E-state index in [4.69, 9.17) is 26.1 Å². The number of unbranched alkanes of at least 4 members (excludes halogenated alkanes) is 7. The number of likely N-dealkylation sites (tertiary alicyclic amines) is 1. The predicted octanol–water partition coefficient (Wildman–Crippen LogP) is 11.0. The fraction of sp³-hybridized carbons (Fsp3) is 0.567. The lowest BCUT2D eigenvalue weighted by molar-refractivity contribution is -0.146. The number of rotatable bonds is 31. The maximum absolute atomic E-state index is 14.1. The van der Waals surface area contributed by atoms with Crippen molar-refractivity contribution < 1.29 is 33.8 Å². The zero-order valence-electron chi connectivity index (χ0n) is 47.7. The number of para-hydroxylation sites is 1. The Kier molecular flexibility index (Phi) is 24.2. The van der Waals surface area contributed by atoms with E-state index in [-0.39, 0.29) is 42.9 Å². The van der Waals surface area contributed by atoms with Crippen molar-refractivity contribution in [2.45, 2.75) is 144 Å². The molecule has 2 saturated heterocycles. The molecule has 0 aliphatic carbocycles. The summed E-state index contributed by atoms with van der Waals surface area (Å²) in [5, 5.41) is 20.8. The molecule has 2 aliphatic heterocycles. The van der Waals surface area contributed by atoms with E-state index in [1.807, 2.05) is 89.5 Å². The number of carbonyl (C=O) groups excluding carboxylic acids is 4. The van der Waals surface area contributed by atoms with Crippen LogP contribution in [0.1, 0.15) is 137 Å². The molecule has 0 bridgehead atoms. The number of Topliss-reactive ketones (excluding diaryl/α,β-unsaturated/α-hetero) is 1. The molecule has 5 aromatic rings. The Morgan fingerprint density at radius 1 is 0.838 bits per heavy atom. The maximum atomic E-state index is 14.1. The normalized spacial score (nSPS) is 16.2. The van der Waals surface area contributed by atoms with Gasteiger partial charge in [0.25, 0.3) is 5.91 Å². The summed E-state index contributed by atoms with van der Waals surface area (Å²) in [5.74, 6) is 0.804. The quantitative estimate of drug-likeness (QED) is 0.0305. The van der Waals surface area contributed by atoms with Gasteiger partial charge in [-0.25, -0.2) is 19.9 Å². The van der Waals surface area contributed by atoms with Gasteiger partial charge in [0, 0.05) is 96.9 Å². The first kappa shape index (κ1) is 62.2. The Hall–Kier alpha value is -5.41. The third-order valence-electron chi connectivity index (χ3n) is 14.8. The molecule has 0 radical (unpaired) electrons. The Bertz CT molecular complexity index is 2760. The highest BCUT2D eigenvalue weighted by Crippen LogP contribution is 2.35. The largest absolute Gasteiger partial charge is 0.391 e. The number of nitrogens with zero attached hydrogens (tertiary/aromatic N) is 7. The summed E-state index contributed by atoms with van der Waals surface area (Å²) in [4.78, 5) is 79.7. The Morgan fingerprint density at radius 2 is 1.51 bits per heavy atom. The van der Waals surface area contributed by atoms with Crippen molar-refractivity contribution in [3.05, 3.63) is 92.8 Å². The highest BCUT2D eigenvalue weighted by atomic mass is 35.5.